The minimum Gasteiger partial charge on any atom is -0.491 e. The van der Waals surface area contributed by atoms with Crippen LogP contribution in [0.1, 0.15) is 36.9 Å². The summed E-state index contributed by atoms with van der Waals surface area (Å²) < 4.78 is 18.7. The lowest BCUT2D eigenvalue weighted by Crippen LogP contribution is -2.19. The highest BCUT2D eigenvalue weighted by molar-refractivity contribution is 5.35. The van der Waals surface area contributed by atoms with Gasteiger partial charge in [-0.15, -0.1) is 0 Å². The third kappa shape index (κ3) is 3.58. The molecular formula is C17H20FNO. The standard InChI is InChI=1S/C17H20FNO/c1-12(2)15-5-3-4-6-17(15)20-11-16(19)13-7-9-14(18)10-8-13/h3-10,12,16H,11,19H2,1-2H3. The number of hydrogen-bond acceptors (Lipinski definition) is 2. The van der Waals surface area contributed by atoms with E-state index in [9.17, 15) is 4.39 Å². The normalized spacial score (nSPS) is 12.4. The number of para-hydroxylation sites is 1. The first-order chi connectivity index (χ1) is 9.58. The Hall–Kier alpha value is -1.87. The van der Waals surface area contributed by atoms with Crippen LogP contribution in [0, 0.1) is 5.82 Å². The maximum atomic E-state index is 12.9. The molecule has 0 saturated heterocycles. The van der Waals surface area contributed by atoms with Gasteiger partial charge in [0, 0.05) is 0 Å². The second-order valence-electron chi connectivity index (χ2n) is 5.16. The Balaban J connectivity index is 2.03. The van der Waals surface area contributed by atoms with E-state index in [-0.39, 0.29) is 11.9 Å². The summed E-state index contributed by atoms with van der Waals surface area (Å²) in [5.41, 5.74) is 8.11. The maximum Gasteiger partial charge on any atom is 0.123 e. The summed E-state index contributed by atoms with van der Waals surface area (Å²) in [6.07, 6.45) is 0. The molecule has 106 valence electrons. The molecule has 0 saturated carbocycles. The zero-order valence-electron chi connectivity index (χ0n) is 11.8. The van der Waals surface area contributed by atoms with Crippen LogP contribution in [0.4, 0.5) is 4.39 Å². The monoisotopic (exact) mass is 273 g/mol. The summed E-state index contributed by atoms with van der Waals surface area (Å²) in [5.74, 6) is 1.00. The predicted octanol–water partition coefficient (Wildman–Crippen LogP) is 4.03. The zero-order chi connectivity index (χ0) is 14.5. The topological polar surface area (TPSA) is 35.2 Å². The Bertz CT molecular complexity index is 551. The Morgan fingerprint density at radius 2 is 1.70 bits per heavy atom. The highest BCUT2D eigenvalue weighted by atomic mass is 19.1. The number of hydrogen-bond donors (Lipinski definition) is 1. The summed E-state index contributed by atoms with van der Waals surface area (Å²) in [6, 6.07) is 13.9. The van der Waals surface area contributed by atoms with Gasteiger partial charge in [-0.25, -0.2) is 4.39 Å². The SMILES string of the molecule is CC(C)c1ccccc1OCC(N)c1ccc(F)cc1. The molecule has 0 heterocycles. The van der Waals surface area contributed by atoms with Crippen molar-refractivity contribution in [3.05, 3.63) is 65.5 Å². The quantitative estimate of drug-likeness (QED) is 0.892. The van der Waals surface area contributed by atoms with Crippen LogP contribution in [-0.4, -0.2) is 6.61 Å². The number of nitrogens with two attached hydrogens (primary N) is 1. The summed E-state index contributed by atoms with van der Waals surface area (Å²) in [5, 5.41) is 0. The minimum atomic E-state index is -0.268. The van der Waals surface area contributed by atoms with Gasteiger partial charge in [-0.3, -0.25) is 0 Å². The van der Waals surface area contributed by atoms with E-state index in [4.69, 9.17) is 10.5 Å². The lowest BCUT2D eigenvalue weighted by Gasteiger charge is -2.17. The van der Waals surface area contributed by atoms with Gasteiger partial charge in [0.1, 0.15) is 18.2 Å². The van der Waals surface area contributed by atoms with Crippen molar-refractivity contribution in [3.63, 3.8) is 0 Å². The van der Waals surface area contributed by atoms with Crippen LogP contribution in [0.5, 0.6) is 5.75 Å². The second kappa shape index (κ2) is 6.53. The second-order valence-corrected chi connectivity index (χ2v) is 5.16. The van der Waals surface area contributed by atoms with E-state index >= 15 is 0 Å². The van der Waals surface area contributed by atoms with E-state index in [1.807, 2.05) is 18.2 Å². The molecule has 2 rings (SSSR count). The van der Waals surface area contributed by atoms with Gasteiger partial charge in [-0.2, -0.15) is 0 Å². The van der Waals surface area contributed by atoms with Crippen LogP contribution < -0.4 is 10.5 Å². The number of rotatable bonds is 5. The third-order valence-corrected chi connectivity index (χ3v) is 3.26. The molecule has 1 unspecified atom stereocenters. The Morgan fingerprint density at radius 1 is 1.05 bits per heavy atom. The lowest BCUT2D eigenvalue weighted by molar-refractivity contribution is 0.287. The summed E-state index contributed by atoms with van der Waals surface area (Å²) >= 11 is 0. The molecule has 0 fully saturated rings. The van der Waals surface area contributed by atoms with Gasteiger partial charge in [0.25, 0.3) is 0 Å². The van der Waals surface area contributed by atoms with E-state index in [2.05, 4.69) is 19.9 Å². The molecule has 20 heavy (non-hydrogen) atoms. The van der Waals surface area contributed by atoms with E-state index in [0.29, 0.717) is 12.5 Å². The summed E-state index contributed by atoms with van der Waals surface area (Å²) in [7, 11) is 0. The molecule has 0 aromatic heterocycles. The van der Waals surface area contributed by atoms with E-state index in [0.717, 1.165) is 11.3 Å². The van der Waals surface area contributed by atoms with Crippen molar-refractivity contribution in [3.8, 4) is 5.75 Å². The molecule has 0 aliphatic heterocycles. The summed E-state index contributed by atoms with van der Waals surface area (Å²) in [6.45, 7) is 4.62. The van der Waals surface area contributed by atoms with Gasteiger partial charge in [0.2, 0.25) is 0 Å². The molecule has 0 aliphatic rings. The van der Waals surface area contributed by atoms with Gasteiger partial charge in [-0.05, 0) is 35.2 Å². The average Bonchev–Trinajstić information content (AvgIpc) is 2.45. The maximum absolute atomic E-state index is 12.9. The molecule has 2 nitrogen and oxygen atoms in total. The van der Waals surface area contributed by atoms with Gasteiger partial charge in [-0.1, -0.05) is 44.2 Å². The molecular weight excluding hydrogens is 253 g/mol. The molecule has 0 radical (unpaired) electrons. The Kier molecular flexibility index (Phi) is 4.74. The highest BCUT2D eigenvalue weighted by Gasteiger charge is 2.10. The number of halogens is 1. The first-order valence-electron chi connectivity index (χ1n) is 6.80. The largest absolute Gasteiger partial charge is 0.491 e. The smallest absolute Gasteiger partial charge is 0.123 e. The molecule has 0 bridgehead atoms. The van der Waals surface area contributed by atoms with Crippen LogP contribution >= 0.6 is 0 Å². The van der Waals surface area contributed by atoms with Crippen LogP contribution in [0.2, 0.25) is 0 Å². The molecule has 0 amide bonds. The van der Waals surface area contributed by atoms with E-state index < -0.39 is 0 Å². The zero-order valence-corrected chi connectivity index (χ0v) is 11.8. The van der Waals surface area contributed by atoms with Crippen molar-refractivity contribution < 1.29 is 9.13 Å². The van der Waals surface area contributed by atoms with Crippen molar-refractivity contribution in [2.24, 2.45) is 5.73 Å². The van der Waals surface area contributed by atoms with Crippen LogP contribution in [-0.2, 0) is 0 Å². The van der Waals surface area contributed by atoms with Crippen LogP contribution in [0.3, 0.4) is 0 Å². The highest BCUT2D eigenvalue weighted by Crippen LogP contribution is 2.26. The number of ether oxygens (including phenoxy) is 1. The molecule has 1 atom stereocenters. The van der Waals surface area contributed by atoms with E-state index in [1.165, 1.54) is 17.7 Å². The molecule has 2 N–H and O–H groups in total. The van der Waals surface area contributed by atoms with E-state index in [1.54, 1.807) is 12.1 Å². The van der Waals surface area contributed by atoms with Crippen LogP contribution in [0.25, 0.3) is 0 Å². The van der Waals surface area contributed by atoms with Gasteiger partial charge >= 0.3 is 0 Å². The predicted molar refractivity (Wildman–Crippen MR) is 79.4 cm³/mol. The van der Waals surface area contributed by atoms with Crippen molar-refractivity contribution in [2.45, 2.75) is 25.8 Å². The van der Waals surface area contributed by atoms with Gasteiger partial charge < -0.3 is 10.5 Å². The fourth-order valence-corrected chi connectivity index (χ4v) is 2.07. The van der Waals surface area contributed by atoms with Gasteiger partial charge in [0.05, 0.1) is 6.04 Å². The average molecular weight is 273 g/mol. The van der Waals surface area contributed by atoms with Crippen molar-refractivity contribution >= 4 is 0 Å². The lowest BCUT2D eigenvalue weighted by atomic mass is 10.0. The van der Waals surface area contributed by atoms with Crippen LogP contribution in [0.15, 0.2) is 48.5 Å². The Labute approximate surface area is 119 Å². The van der Waals surface area contributed by atoms with Crippen molar-refractivity contribution in [1.82, 2.24) is 0 Å². The molecule has 2 aromatic rings. The summed E-state index contributed by atoms with van der Waals surface area (Å²) in [4.78, 5) is 0. The number of benzene rings is 2. The van der Waals surface area contributed by atoms with Crippen molar-refractivity contribution in [1.29, 1.82) is 0 Å². The molecule has 3 heteroatoms. The minimum absolute atomic E-state index is 0.257. The molecule has 2 aromatic carbocycles. The first kappa shape index (κ1) is 14.5. The van der Waals surface area contributed by atoms with Gasteiger partial charge in [0.15, 0.2) is 0 Å². The molecule has 0 aliphatic carbocycles. The first-order valence-corrected chi connectivity index (χ1v) is 6.80. The molecule has 0 spiro atoms. The Morgan fingerprint density at radius 3 is 2.35 bits per heavy atom. The fourth-order valence-electron chi connectivity index (χ4n) is 2.07. The van der Waals surface area contributed by atoms with Crippen molar-refractivity contribution in [2.75, 3.05) is 6.61 Å². The fraction of sp³-hybridized carbons (Fsp3) is 0.294. The third-order valence-electron chi connectivity index (χ3n) is 3.26.